The monoisotopic (exact) mass is 582 g/mol. The molecule has 1 N–H and O–H groups in total. The molecule has 3 heterocycles. The Bertz CT molecular complexity index is 1470. The van der Waals surface area contributed by atoms with Crippen molar-refractivity contribution < 1.29 is 22.8 Å². The highest BCUT2D eigenvalue weighted by atomic mass is 35.5. The van der Waals surface area contributed by atoms with Gasteiger partial charge < -0.3 is 15.1 Å². The molecule has 10 heteroatoms. The average Bonchev–Trinajstić information content (AvgIpc) is 3.57. The van der Waals surface area contributed by atoms with Crippen LogP contribution in [0, 0.1) is 5.41 Å². The Hall–Kier alpha value is -3.59. The van der Waals surface area contributed by atoms with E-state index in [0.717, 1.165) is 61.7 Å². The molecule has 0 radical (unpaired) electrons. The maximum atomic E-state index is 13.5. The van der Waals surface area contributed by atoms with E-state index in [1.165, 1.54) is 5.69 Å². The van der Waals surface area contributed by atoms with Crippen LogP contribution in [-0.2, 0) is 12.6 Å². The molecule has 1 unspecified atom stereocenters. The molecule has 2 aromatic carbocycles. The Labute approximate surface area is 241 Å². The van der Waals surface area contributed by atoms with Gasteiger partial charge in [-0.25, -0.2) is 0 Å². The molecule has 214 valence electrons. The summed E-state index contributed by atoms with van der Waals surface area (Å²) in [6, 6.07) is 12.1. The SMILES string of the molecule is O=C(NC1CCc2ccc(C(=O)N3CCC4(CC3)CCN(c3ccncc3)C4)cc21)c1cc(Cl)ccc1C(F)(F)F. The minimum absolute atomic E-state index is 0.0499. The van der Waals surface area contributed by atoms with Gasteiger partial charge >= 0.3 is 6.18 Å². The van der Waals surface area contributed by atoms with E-state index < -0.39 is 29.3 Å². The number of halogens is 4. The molecule has 1 aromatic heterocycles. The molecule has 3 aliphatic rings. The van der Waals surface area contributed by atoms with Crippen molar-refractivity contribution in [3.05, 3.63) is 93.8 Å². The molecule has 2 aliphatic heterocycles. The Morgan fingerprint density at radius 2 is 1.71 bits per heavy atom. The normalized spacial score (nSPS) is 19.9. The van der Waals surface area contributed by atoms with Crippen LogP contribution in [0.15, 0.2) is 60.9 Å². The molecular formula is C31H30ClF3N4O2. The number of nitrogens with zero attached hydrogens (tertiary/aromatic N) is 3. The van der Waals surface area contributed by atoms with E-state index in [9.17, 15) is 22.8 Å². The summed E-state index contributed by atoms with van der Waals surface area (Å²) in [6.07, 6.45) is 3.11. The number of pyridine rings is 1. The Morgan fingerprint density at radius 1 is 0.976 bits per heavy atom. The zero-order valence-electron chi connectivity index (χ0n) is 22.4. The van der Waals surface area contributed by atoms with E-state index in [1.54, 1.807) is 6.07 Å². The molecule has 2 fully saturated rings. The molecule has 1 aliphatic carbocycles. The van der Waals surface area contributed by atoms with Gasteiger partial charge in [-0.1, -0.05) is 17.7 Å². The third-order valence-corrected chi connectivity index (χ3v) is 9.12. The van der Waals surface area contributed by atoms with Gasteiger partial charge in [0, 0.05) is 54.8 Å². The van der Waals surface area contributed by atoms with E-state index in [2.05, 4.69) is 15.2 Å². The number of benzene rings is 2. The van der Waals surface area contributed by atoms with Gasteiger partial charge in [0.2, 0.25) is 0 Å². The third-order valence-electron chi connectivity index (χ3n) is 8.89. The van der Waals surface area contributed by atoms with Gasteiger partial charge in [-0.2, -0.15) is 13.2 Å². The van der Waals surface area contributed by atoms with Crippen LogP contribution < -0.4 is 10.2 Å². The summed E-state index contributed by atoms with van der Waals surface area (Å²) >= 11 is 5.92. The molecule has 0 saturated carbocycles. The second-order valence-electron chi connectivity index (χ2n) is 11.3. The number of fused-ring (bicyclic) bond motifs is 1. The zero-order chi connectivity index (χ0) is 28.8. The Morgan fingerprint density at radius 3 is 2.44 bits per heavy atom. The van der Waals surface area contributed by atoms with Crippen LogP contribution in [0.25, 0.3) is 0 Å². The van der Waals surface area contributed by atoms with E-state index in [1.807, 2.05) is 41.6 Å². The molecule has 1 spiro atoms. The molecule has 3 aromatic rings. The quantitative estimate of drug-likeness (QED) is 0.392. The van der Waals surface area contributed by atoms with Gasteiger partial charge in [0.15, 0.2) is 0 Å². The first kappa shape index (κ1) is 27.6. The van der Waals surface area contributed by atoms with Crippen molar-refractivity contribution in [2.24, 2.45) is 5.41 Å². The first-order valence-corrected chi connectivity index (χ1v) is 14.2. The molecule has 1 atom stereocenters. The summed E-state index contributed by atoms with van der Waals surface area (Å²) in [5, 5.41) is 2.81. The van der Waals surface area contributed by atoms with Crippen molar-refractivity contribution >= 4 is 29.1 Å². The standard InChI is InChI=1S/C31H30ClF3N4O2/c32-22-4-5-26(31(33,34)35)25(18-22)28(40)37-27-6-3-20-1-2-21(17-24(20)27)29(41)38-14-9-30(10-15-38)11-16-39(19-30)23-7-12-36-13-8-23/h1-2,4-5,7-8,12-13,17-18,27H,3,6,9-11,14-16,19H2,(H,37,40). The van der Waals surface area contributed by atoms with Crippen molar-refractivity contribution in [3.8, 4) is 0 Å². The highest BCUT2D eigenvalue weighted by molar-refractivity contribution is 6.31. The van der Waals surface area contributed by atoms with Gasteiger partial charge in [0.25, 0.3) is 11.8 Å². The molecule has 2 amide bonds. The topological polar surface area (TPSA) is 65.5 Å². The Balaban J connectivity index is 1.13. The number of anilines is 1. The lowest BCUT2D eigenvalue weighted by Gasteiger charge is -2.39. The van der Waals surface area contributed by atoms with Crippen LogP contribution in [0.2, 0.25) is 5.02 Å². The first-order chi connectivity index (χ1) is 19.6. The second kappa shape index (κ2) is 10.7. The van der Waals surface area contributed by atoms with E-state index >= 15 is 0 Å². The zero-order valence-corrected chi connectivity index (χ0v) is 23.1. The van der Waals surface area contributed by atoms with E-state index in [0.29, 0.717) is 31.5 Å². The largest absolute Gasteiger partial charge is 0.417 e. The lowest BCUT2D eigenvalue weighted by molar-refractivity contribution is -0.137. The summed E-state index contributed by atoms with van der Waals surface area (Å²) in [5.74, 6) is -0.897. The summed E-state index contributed by atoms with van der Waals surface area (Å²) in [6.45, 7) is 3.32. The van der Waals surface area contributed by atoms with Crippen LogP contribution in [0.1, 0.15) is 69.1 Å². The Kier molecular flexibility index (Phi) is 7.18. The maximum Gasteiger partial charge on any atom is 0.417 e. The van der Waals surface area contributed by atoms with Gasteiger partial charge in [0.1, 0.15) is 0 Å². The average molecular weight is 583 g/mol. The van der Waals surface area contributed by atoms with Crippen LogP contribution in [0.3, 0.4) is 0 Å². The van der Waals surface area contributed by atoms with Gasteiger partial charge in [-0.3, -0.25) is 14.6 Å². The number of amides is 2. The molecule has 41 heavy (non-hydrogen) atoms. The third kappa shape index (κ3) is 5.52. The number of rotatable bonds is 4. The summed E-state index contributed by atoms with van der Waals surface area (Å²) in [4.78, 5) is 34.9. The number of carbonyl (C=O) groups is 2. The first-order valence-electron chi connectivity index (χ1n) is 13.9. The second-order valence-corrected chi connectivity index (χ2v) is 11.8. The van der Waals surface area contributed by atoms with Crippen LogP contribution in [0.4, 0.5) is 18.9 Å². The van der Waals surface area contributed by atoms with Crippen molar-refractivity contribution in [2.75, 3.05) is 31.1 Å². The fourth-order valence-electron chi connectivity index (χ4n) is 6.56. The highest BCUT2D eigenvalue weighted by Gasteiger charge is 2.42. The minimum Gasteiger partial charge on any atom is -0.371 e. The number of nitrogens with one attached hydrogen (secondary N) is 1. The van der Waals surface area contributed by atoms with E-state index in [4.69, 9.17) is 11.6 Å². The minimum atomic E-state index is -4.69. The molecule has 0 bridgehead atoms. The molecule has 2 saturated heterocycles. The maximum absolute atomic E-state index is 13.5. The number of aromatic nitrogens is 1. The number of piperidine rings is 1. The number of hydrogen-bond donors (Lipinski definition) is 1. The van der Waals surface area contributed by atoms with Gasteiger partial charge in [-0.15, -0.1) is 0 Å². The van der Waals surface area contributed by atoms with Gasteiger partial charge in [-0.05, 0) is 91.1 Å². The van der Waals surface area contributed by atoms with Crippen LogP contribution >= 0.6 is 11.6 Å². The molecular weight excluding hydrogens is 553 g/mol. The highest BCUT2D eigenvalue weighted by Crippen LogP contribution is 2.42. The summed E-state index contributed by atoms with van der Waals surface area (Å²) in [7, 11) is 0. The number of alkyl halides is 3. The van der Waals surface area contributed by atoms with Crippen molar-refractivity contribution in [1.82, 2.24) is 15.2 Å². The lowest BCUT2D eigenvalue weighted by atomic mass is 9.77. The predicted octanol–water partition coefficient (Wildman–Crippen LogP) is 6.30. The fourth-order valence-corrected chi connectivity index (χ4v) is 6.73. The van der Waals surface area contributed by atoms with Crippen molar-refractivity contribution in [3.63, 3.8) is 0 Å². The van der Waals surface area contributed by atoms with Crippen LogP contribution in [-0.4, -0.2) is 47.9 Å². The van der Waals surface area contributed by atoms with Crippen LogP contribution in [0.5, 0.6) is 0 Å². The van der Waals surface area contributed by atoms with Gasteiger partial charge in [0.05, 0.1) is 17.2 Å². The number of hydrogen-bond acceptors (Lipinski definition) is 4. The number of likely N-dealkylation sites (tertiary alicyclic amines) is 1. The summed E-state index contributed by atoms with van der Waals surface area (Å²) < 4.78 is 40.6. The smallest absolute Gasteiger partial charge is 0.371 e. The lowest BCUT2D eigenvalue weighted by Crippen LogP contribution is -2.44. The number of aryl methyl sites for hydroxylation is 1. The fraction of sp³-hybridized carbons (Fsp3) is 0.387. The molecule has 6 nitrogen and oxygen atoms in total. The summed E-state index contributed by atoms with van der Waals surface area (Å²) in [5.41, 5.74) is 2.12. The molecule has 6 rings (SSSR count). The number of carbonyl (C=O) groups excluding carboxylic acids is 2. The predicted molar refractivity (Wildman–Crippen MR) is 150 cm³/mol. The van der Waals surface area contributed by atoms with Crippen molar-refractivity contribution in [2.45, 2.75) is 44.3 Å². The van der Waals surface area contributed by atoms with Crippen molar-refractivity contribution in [1.29, 1.82) is 0 Å². The van der Waals surface area contributed by atoms with E-state index in [-0.39, 0.29) is 16.3 Å².